The predicted molar refractivity (Wildman–Crippen MR) is 91.4 cm³/mol. The molecule has 8 heteroatoms. The number of aromatic nitrogens is 6. The van der Waals surface area contributed by atoms with Gasteiger partial charge in [-0.1, -0.05) is 18.2 Å². The van der Waals surface area contributed by atoms with Gasteiger partial charge >= 0.3 is 0 Å². The summed E-state index contributed by atoms with van der Waals surface area (Å²) in [6, 6.07) is 6.14. The molecule has 0 aliphatic carbocycles. The van der Waals surface area contributed by atoms with Crippen LogP contribution in [0.4, 0.5) is 10.2 Å². The number of halogens is 1. The maximum Gasteiger partial charge on any atom is 0.163 e. The lowest BCUT2D eigenvalue weighted by Gasteiger charge is -2.20. The number of fused-ring (bicyclic) bond motifs is 1. The Kier molecular flexibility index (Phi) is 3.64. The predicted octanol–water partition coefficient (Wildman–Crippen LogP) is 2.44. The fraction of sp³-hybridized carbons (Fsp3) is 0.176. The minimum absolute atomic E-state index is 0.306. The summed E-state index contributed by atoms with van der Waals surface area (Å²) in [7, 11) is 3.68. The van der Waals surface area contributed by atoms with E-state index < -0.39 is 6.04 Å². The monoisotopic (exact) mass is 337 g/mol. The lowest BCUT2D eigenvalue weighted by Crippen LogP contribution is -2.19. The van der Waals surface area contributed by atoms with E-state index in [2.05, 4.69) is 25.4 Å². The van der Waals surface area contributed by atoms with Gasteiger partial charge in [0.25, 0.3) is 0 Å². The van der Waals surface area contributed by atoms with Crippen molar-refractivity contribution < 1.29 is 4.39 Å². The molecule has 3 aromatic heterocycles. The molecule has 7 nitrogen and oxygen atoms in total. The van der Waals surface area contributed by atoms with Gasteiger partial charge in [-0.15, -0.1) is 0 Å². The highest BCUT2D eigenvalue weighted by molar-refractivity contribution is 5.86. The van der Waals surface area contributed by atoms with Gasteiger partial charge in [-0.3, -0.25) is 4.68 Å². The Balaban J connectivity index is 1.84. The molecular weight excluding hydrogens is 321 g/mol. The number of aryl methyl sites for hydroxylation is 2. The summed E-state index contributed by atoms with van der Waals surface area (Å²) in [5.74, 6) is 0.953. The van der Waals surface area contributed by atoms with E-state index in [1.54, 1.807) is 35.3 Å². The minimum atomic E-state index is -0.500. The molecule has 25 heavy (non-hydrogen) atoms. The molecule has 0 aliphatic rings. The molecule has 126 valence electrons. The lowest BCUT2D eigenvalue weighted by atomic mass is 10.1. The van der Waals surface area contributed by atoms with E-state index in [9.17, 15) is 4.39 Å². The van der Waals surface area contributed by atoms with Crippen LogP contribution in [0.3, 0.4) is 0 Å². The van der Waals surface area contributed by atoms with Crippen LogP contribution in [0.1, 0.15) is 17.4 Å². The highest BCUT2D eigenvalue weighted by Crippen LogP contribution is 2.29. The third-order valence-electron chi connectivity index (χ3n) is 4.14. The third kappa shape index (κ3) is 2.61. The number of hydrogen-bond acceptors (Lipinski definition) is 5. The summed E-state index contributed by atoms with van der Waals surface area (Å²) in [4.78, 5) is 12.9. The number of nitrogens with one attached hydrogen (secondary N) is 1. The molecule has 0 unspecified atom stereocenters. The second-order valence-electron chi connectivity index (χ2n) is 5.72. The number of nitrogens with zero attached hydrogens (tertiary/aromatic N) is 6. The van der Waals surface area contributed by atoms with Gasteiger partial charge in [-0.2, -0.15) is 5.10 Å². The van der Waals surface area contributed by atoms with Gasteiger partial charge in [0.1, 0.15) is 29.8 Å². The Morgan fingerprint density at radius 2 is 1.96 bits per heavy atom. The summed E-state index contributed by atoms with van der Waals surface area (Å²) < 4.78 is 18.0. The van der Waals surface area contributed by atoms with Gasteiger partial charge in [-0.05, 0) is 6.07 Å². The van der Waals surface area contributed by atoms with Gasteiger partial charge in [0.05, 0.1) is 11.6 Å². The molecule has 0 bridgehead atoms. The van der Waals surface area contributed by atoms with E-state index >= 15 is 0 Å². The number of rotatable bonds is 4. The van der Waals surface area contributed by atoms with Gasteiger partial charge < -0.3 is 9.88 Å². The molecule has 1 N–H and O–H groups in total. The molecule has 0 radical (unpaired) electrons. The summed E-state index contributed by atoms with van der Waals surface area (Å²) in [6.07, 6.45) is 6.66. The average Bonchev–Trinajstić information content (AvgIpc) is 3.20. The number of anilines is 1. The van der Waals surface area contributed by atoms with E-state index in [1.807, 2.05) is 24.9 Å². The van der Waals surface area contributed by atoms with Crippen LogP contribution < -0.4 is 5.32 Å². The Morgan fingerprint density at radius 3 is 2.72 bits per heavy atom. The largest absolute Gasteiger partial charge is 0.355 e. The van der Waals surface area contributed by atoms with Crippen molar-refractivity contribution in [2.75, 3.05) is 5.32 Å². The molecule has 0 spiro atoms. The van der Waals surface area contributed by atoms with Crippen LogP contribution in [0.25, 0.3) is 11.0 Å². The van der Waals surface area contributed by atoms with Crippen LogP contribution >= 0.6 is 0 Å². The Hall–Kier alpha value is -3.29. The normalized spacial score (nSPS) is 12.4. The quantitative estimate of drug-likeness (QED) is 0.619. The smallest absolute Gasteiger partial charge is 0.163 e. The molecule has 1 aromatic carbocycles. The molecule has 0 amide bonds. The highest BCUT2D eigenvalue weighted by Gasteiger charge is 2.23. The van der Waals surface area contributed by atoms with Crippen LogP contribution in [0.2, 0.25) is 0 Å². The van der Waals surface area contributed by atoms with Crippen molar-refractivity contribution >= 4 is 16.9 Å². The first-order valence-corrected chi connectivity index (χ1v) is 7.76. The van der Waals surface area contributed by atoms with Crippen molar-refractivity contribution in [3.63, 3.8) is 0 Å². The second kappa shape index (κ2) is 5.97. The Morgan fingerprint density at radius 1 is 1.12 bits per heavy atom. The maximum atomic E-state index is 14.5. The molecule has 0 fully saturated rings. The average molecular weight is 337 g/mol. The molecule has 3 heterocycles. The highest BCUT2D eigenvalue weighted by atomic mass is 19.1. The Labute approximate surface area is 143 Å². The van der Waals surface area contributed by atoms with E-state index in [0.29, 0.717) is 22.9 Å². The van der Waals surface area contributed by atoms with Crippen LogP contribution in [0.5, 0.6) is 0 Å². The standard InChI is InChI=1S/C17H16FN7/c1-24-8-7-19-17(24)14(11-5-3-4-6-13(11)18)23-15-12-9-22-25(2)16(12)21-10-20-15/h3-10,14H,1-2H3,(H,20,21,23)/t14-/m0/s1. The third-order valence-corrected chi connectivity index (χ3v) is 4.14. The van der Waals surface area contributed by atoms with Gasteiger partial charge in [0.2, 0.25) is 0 Å². The van der Waals surface area contributed by atoms with Crippen molar-refractivity contribution in [2.24, 2.45) is 14.1 Å². The SMILES string of the molecule is Cn1ccnc1[C@@H](Nc1ncnc2c1cnn2C)c1ccccc1F. The van der Waals surface area contributed by atoms with E-state index in [-0.39, 0.29) is 5.82 Å². The fourth-order valence-electron chi connectivity index (χ4n) is 2.86. The number of hydrogen-bond donors (Lipinski definition) is 1. The first kappa shape index (κ1) is 15.3. The molecule has 1 atom stereocenters. The zero-order valence-electron chi connectivity index (χ0n) is 13.8. The summed E-state index contributed by atoms with van der Waals surface area (Å²) in [5.41, 5.74) is 1.19. The minimum Gasteiger partial charge on any atom is -0.355 e. The van der Waals surface area contributed by atoms with Crippen molar-refractivity contribution in [2.45, 2.75) is 6.04 Å². The van der Waals surface area contributed by atoms with E-state index in [1.165, 1.54) is 12.4 Å². The van der Waals surface area contributed by atoms with E-state index in [0.717, 1.165) is 5.39 Å². The zero-order valence-corrected chi connectivity index (χ0v) is 13.8. The fourth-order valence-corrected chi connectivity index (χ4v) is 2.86. The van der Waals surface area contributed by atoms with Crippen LogP contribution in [-0.4, -0.2) is 29.3 Å². The molecule has 4 aromatic rings. The molecule has 0 aliphatic heterocycles. The molecule has 4 rings (SSSR count). The molecule has 0 saturated carbocycles. The number of benzene rings is 1. The first-order valence-electron chi connectivity index (χ1n) is 7.76. The van der Waals surface area contributed by atoms with Crippen LogP contribution in [-0.2, 0) is 14.1 Å². The zero-order chi connectivity index (χ0) is 17.4. The molecular formula is C17H16FN7. The number of imidazole rings is 1. The lowest BCUT2D eigenvalue weighted by molar-refractivity contribution is 0.596. The van der Waals surface area contributed by atoms with Gasteiger partial charge in [0.15, 0.2) is 5.65 Å². The van der Waals surface area contributed by atoms with Crippen molar-refractivity contribution in [3.05, 3.63) is 66.4 Å². The van der Waals surface area contributed by atoms with E-state index in [4.69, 9.17) is 0 Å². The van der Waals surface area contributed by atoms with Crippen molar-refractivity contribution in [1.29, 1.82) is 0 Å². The van der Waals surface area contributed by atoms with Crippen LogP contribution in [0, 0.1) is 5.82 Å². The summed E-state index contributed by atoms with van der Waals surface area (Å²) in [6.45, 7) is 0. The van der Waals surface area contributed by atoms with Gasteiger partial charge in [-0.25, -0.2) is 19.3 Å². The summed E-state index contributed by atoms with van der Waals surface area (Å²) in [5, 5.41) is 8.29. The van der Waals surface area contributed by atoms with Crippen molar-refractivity contribution in [1.82, 2.24) is 29.3 Å². The van der Waals surface area contributed by atoms with Crippen LogP contribution in [0.15, 0.2) is 49.2 Å². The summed E-state index contributed by atoms with van der Waals surface area (Å²) >= 11 is 0. The van der Waals surface area contributed by atoms with Crippen molar-refractivity contribution in [3.8, 4) is 0 Å². The van der Waals surface area contributed by atoms with Gasteiger partial charge in [0, 0.05) is 32.1 Å². The maximum absolute atomic E-state index is 14.5. The second-order valence-corrected chi connectivity index (χ2v) is 5.72. The Bertz CT molecular complexity index is 1040. The topological polar surface area (TPSA) is 73.5 Å². The first-order chi connectivity index (χ1) is 12.1. The molecule has 0 saturated heterocycles.